The molecule has 0 bridgehead atoms. The molecular formula is C29H19ClFN3O4. The average Bonchev–Trinajstić information content (AvgIpc) is 3.59. The van der Waals surface area contributed by atoms with Crippen LogP contribution in [0.15, 0.2) is 97.2 Å². The summed E-state index contributed by atoms with van der Waals surface area (Å²) >= 11 is 5.92. The maximum absolute atomic E-state index is 13.6. The van der Waals surface area contributed by atoms with Crippen LogP contribution in [0.1, 0.15) is 0 Å². The summed E-state index contributed by atoms with van der Waals surface area (Å²) in [7, 11) is 0. The minimum Gasteiger partial charge on any atom is -0.457 e. The van der Waals surface area contributed by atoms with Crippen LogP contribution >= 0.6 is 11.6 Å². The molecular weight excluding hydrogens is 509 g/mol. The van der Waals surface area contributed by atoms with E-state index in [2.05, 4.69) is 10.4 Å². The lowest BCUT2D eigenvalue weighted by Gasteiger charge is -2.08. The van der Waals surface area contributed by atoms with E-state index >= 15 is 0 Å². The van der Waals surface area contributed by atoms with Crippen LogP contribution < -0.4 is 19.5 Å². The lowest BCUT2D eigenvalue weighted by molar-refractivity contribution is 0.174. The molecule has 0 radical (unpaired) electrons. The van der Waals surface area contributed by atoms with Crippen molar-refractivity contribution in [2.24, 2.45) is 0 Å². The molecule has 1 N–H and O–H groups in total. The van der Waals surface area contributed by atoms with Crippen LogP contribution in [0.3, 0.4) is 0 Å². The van der Waals surface area contributed by atoms with Crippen LogP contribution in [0.25, 0.3) is 22.4 Å². The van der Waals surface area contributed by atoms with E-state index in [-0.39, 0.29) is 12.6 Å². The predicted octanol–water partition coefficient (Wildman–Crippen LogP) is 7.61. The third-order valence-corrected chi connectivity index (χ3v) is 6.13. The van der Waals surface area contributed by atoms with Crippen LogP contribution in [0.4, 0.5) is 14.9 Å². The molecule has 7 nitrogen and oxygen atoms in total. The summed E-state index contributed by atoms with van der Waals surface area (Å²) in [6.45, 7) is 0.143. The molecule has 38 heavy (non-hydrogen) atoms. The number of hydrogen-bond acceptors (Lipinski definition) is 5. The summed E-state index contributed by atoms with van der Waals surface area (Å²) in [5.41, 5.74) is 3.19. The third kappa shape index (κ3) is 4.89. The van der Waals surface area contributed by atoms with Crippen molar-refractivity contribution in [3.8, 4) is 45.4 Å². The smallest absolute Gasteiger partial charge is 0.346 e. The van der Waals surface area contributed by atoms with Crippen molar-refractivity contribution in [2.45, 2.75) is 0 Å². The fourth-order valence-electron chi connectivity index (χ4n) is 4.00. The first-order valence-electron chi connectivity index (χ1n) is 11.6. The van der Waals surface area contributed by atoms with Crippen LogP contribution in [0.2, 0.25) is 5.02 Å². The molecule has 2 heterocycles. The zero-order valence-corrected chi connectivity index (χ0v) is 20.5. The van der Waals surface area contributed by atoms with Crippen molar-refractivity contribution in [3.63, 3.8) is 0 Å². The first-order valence-corrected chi connectivity index (χ1v) is 12.0. The zero-order chi connectivity index (χ0) is 26.1. The third-order valence-electron chi connectivity index (χ3n) is 5.88. The number of aromatic nitrogens is 2. The highest BCUT2D eigenvalue weighted by molar-refractivity contribution is 6.30. The number of amides is 1. The number of fused-ring (bicyclic) bond motifs is 1. The number of nitrogens with zero attached hydrogens (tertiary/aromatic N) is 2. The van der Waals surface area contributed by atoms with E-state index in [1.54, 1.807) is 79.0 Å². The van der Waals surface area contributed by atoms with Gasteiger partial charge in [0.2, 0.25) is 6.79 Å². The number of halogens is 2. The van der Waals surface area contributed by atoms with Crippen molar-refractivity contribution in [3.05, 3.63) is 108 Å². The van der Waals surface area contributed by atoms with E-state index in [0.717, 1.165) is 5.56 Å². The summed E-state index contributed by atoms with van der Waals surface area (Å²) in [5, 5.41) is 8.02. The Morgan fingerprint density at radius 2 is 1.53 bits per heavy atom. The van der Waals surface area contributed by atoms with Gasteiger partial charge < -0.3 is 19.5 Å². The first kappa shape index (κ1) is 23.6. The molecule has 0 saturated heterocycles. The molecule has 0 aliphatic carbocycles. The first-order chi connectivity index (χ1) is 18.5. The number of carbonyl (C=O) groups excluding carboxylic acids is 1. The van der Waals surface area contributed by atoms with Gasteiger partial charge >= 0.3 is 6.03 Å². The van der Waals surface area contributed by atoms with Gasteiger partial charge in [-0.2, -0.15) is 9.78 Å². The molecule has 0 spiro atoms. The molecule has 0 fully saturated rings. The standard InChI is InChI=1S/C29H19ClFN3O4/c30-20-4-10-23(11-5-20)38-24-12-8-22(9-13-24)32-29(35)34-16-25(18-1-6-21(31)7-2-18)28(33-34)19-3-14-26-27(15-19)37-17-36-26/h1-16H,17H2,(H,32,35). The van der Waals surface area contributed by atoms with E-state index in [1.807, 2.05) is 6.07 Å². The Morgan fingerprint density at radius 1 is 0.868 bits per heavy atom. The maximum Gasteiger partial charge on any atom is 0.346 e. The summed E-state index contributed by atoms with van der Waals surface area (Å²) < 4.78 is 31.5. The van der Waals surface area contributed by atoms with Crippen LogP contribution in [-0.4, -0.2) is 22.6 Å². The minimum absolute atomic E-state index is 0.143. The van der Waals surface area contributed by atoms with Crippen LogP contribution in [-0.2, 0) is 0 Å². The van der Waals surface area contributed by atoms with Crippen LogP contribution in [0.5, 0.6) is 23.0 Å². The van der Waals surface area contributed by atoms with Crippen molar-refractivity contribution >= 4 is 23.3 Å². The highest BCUT2D eigenvalue weighted by Gasteiger charge is 2.20. The Labute approximate surface area is 222 Å². The lowest BCUT2D eigenvalue weighted by atomic mass is 10.0. The second kappa shape index (κ2) is 9.91. The van der Waals surface area contributed by atoms with Crippen molar-refractivity contribution in [1.82, 2.24) is 9.78 Å². The molecule has 0 saturated carbocycles. The van der Waals surface area contributed by atoms with Crippen molar-refractivity contribution in [2.75, 3.05) is 12.1 Å². The second-order valence-corrected chi connectivity index (χ2v) is 8.86. The number of benzene rings is 4. The van der Waals surface area contributed by atoms with E-state index in [4.69, 9.17) is 25.8 Å². The molecule has 1 aliphatic heterocycles. The van der Waals surface area contributed by atoms with Gasteiger partial charge in [0.1, 0.15) is 23.0 Å². The summed E-state index contributed by atoms with van der Waals surface area (Å²) in [6, 6.07) is 25.0. The monoisotopic (exact) mass is 527 g/mol. The van der Waals surface area contributed by atoms with Crippen LogP contribution in [0, 0.1) is 5.82 Å². The van der Waals surface area contributed by atoms with Gasteiger partial charge in [-0.05, 0) is 84.4 Å². The SMILES string of the molecule is O=C(Nc1ccc(Oc2ccc(Cl)cc2)cc1)n1cc(-c2ccc(F)cc2)c(-c2ccc3c(c2)OCO3)n1. The summed E-state index contributed by atoms with van der Waals surface area (Å²) in [6.07, 6.45) is 1.61. The molecule has 0 unspecified atom stereocenters. The molecule has 5 aromatic rings. The average molecular weight is 528 g/mol. The van der Waals surface area contributed by atoms with E-state index < -0.39 is 6.03 Å². The fraction of sp³-hybridized carbons (Fsp3) is 0.0345. The van der Waals surface area contributed by atoms with Crippen molar-refractivity contribution in [1.29, 1.82) is 0 Å². The molecule has 1 aliphatic rings. The molecule has 1 amide bonds. The Bertz CT molecular complexity index is 1620. The van der Waals surface area contributed by atoms with Gasteiger partial charge in [0.25, 0.3) is 0 Å². The molecule has 188 valence electrons. The summed E-state index contributed by atoms with van der Waals surface area (Å²) in [5.74, 6) is 2.12. The molecule has 4 aromatic carbocycles. The molecule has 6 rings (SSSR count). The second-order valence-electron chi connectivity index (χ2n) is 8.42. The van der Waals surface area contributed by atoms with Gasteiger partial charge in [-0.25, -0.2) is 9.18 Å². The predicted molar refractivity (Wildman–Crippen MR) is 142 cm³/mol. The largest absolute Gasteiger partial charge is 0.457 e. The topological polar surface area (TPSA) is 74.6 Å². The number of carbonyl (C=O) groups is 1. The number of ether oxygens (including phenoxy) is 3. The molecule has 1 aromatic heterocycles. The van der Waals surface area contributed by atoms with E-state index in [1.165, 1.54) is 16.8 Å². The Kier molecular flexibility index (Phi) is 6.15. The number of nitrogens with one attached hydrogen (secondary N) is 1. The normalized spacial score (nSPS) is 11.8. The number of anilines is 1. The van der Waals surface area contributed by atoms with E-state index in [9.17, 15) is 9.18 Å². The molecule has 0 atom stereocenters. The fourth-order valence-corrected chi connectivity index (χ4v) is 4.13. The number of hydrogen-bond donors (Lipinski definition) is 1. The minimum atomic E-state index is -0.466. The molecule has 9 heteroatoms. The van der Waals surface area contributed by atoms with E-state index in [0.29, 0.717) is 50.5 Å². The highest BCUT2D eigenvalue weighted by atomic mass is 35.5. The van der Waals surface area contributed by atoms with Gasteiger partial charge in [-0.15, -0.1) is 0 Å². The zero-order valence-electron chi connectivity index (χ0n) is 19.7. The van der Waals surface area contributed by atoms with Gasteiger partial charge in [0.05, 0.1) is 0 Å². The van der Waals surface area contributed by atoms with Gasteiger partial charge in [0, 0.05) is 28.0 Å². The Hall–Kier alpha value is -4.82. The summed E-state index contributed by atoms with van der Waals surface area (Å²) in [4.78, 5) is 13.1. The van der Waals surface area contributed by atoms with Gasteiger partial charge in [-0.3, -0.25) is 0 Å². The number of rotatable bonds is 5. The highest BCUT2D eigenvalue weighted by Crippen LogP contribution is 2.38. The van der Waals surface area contributed by atoms with Gasteiger partial charge in [0.15, 0.2) is 11.5 Å². The van der Waals surface area contributed by atoms with Gasteiger partial charge in [-0.1, -0.05) is 23.7 Å². The quantitative estimate of drug-likeness (QED) is 0.254. The van der Waals surface area contributed by atoms with Crippen molar-refractivity contribution < 1.29 is 23.4 Å². The Morgan fingerprint density at radius 3 is 2.26 bits per heavy atom. The lowest BCUT2D eigenvalue weighted by Crippen LogP contribution is -2.19. The Balaban J connectivity index is 1.26. The maximum atomic E-state index is 13.6.